The topological polar surface area (TPSA) is 50.5 Å². The number of carbonyl (C=O) groups excluding carboxylic acids is 1. The van der Waals surface area contributed by atoms with Crippen molar-refractivity contribution >= 4 is 11.6 Å². The normalized spacial score (nSPS) is 15.7. The molecular weight excluding hydrogens is 312 g/mol. The maximum Gasteiger partial charge on any atom is 0.254 e. The van der Waals surface area contributed by atoms with Gasteiger partial charge in [-0.15, -0.1) is 10.2 Å². The molecule has 1 saturated heterocycles. The van der Waals surface area contributed by atoms with Crippen molar-refractivity contribution in [2.45, 2.75) is 32.6 Å². The fourth-order valence-corrected chi connectivity index (χ4v) is 3.63. The highest BCUT2D eigenvalue weighted by Crippen LogP contribution is 2.28. The number of aryl methyl sites for hydroxylation is 1. The Morgan fingerprint density at radius 1 is 1.04 bits per heavy atom. The summed E-state index contributed by atoms with van der Waals surface area (Å²) in [5, 5.41) is 8.63. The molecule has 0 N–H and O–H groups in total. The van der Waals surface area contributed by atoms with Crippen LogP contribution in [0, 0.1) is 13.8 Å². The van der Waals surface area contributed by atoms with Gasteiger partial charge in [-0.25, -0.2) is 0 Å². The van der Waals surface area contributed by atoms with Gasteiger partial charge < -0.3 is 4.90 Å². The van der Waals surface area contributed by atoms with Crippen molar-refractivity contribution in [3.8, 4) is 0 Å². The summed E-state index contributed by atoms with van der Waals surface area (Å²) in [7, 11) is 0. The number of piperidine rings is 1. The summed E-state index contributed by atoms with van der Waals surface area (Å²) in [5.41, 5.74) is 3.95. The van der Waals surface area contributed by atoms with E-state index < -0.39 is 0 Å². The van der Waals surface area contributed by atoms with Crippen molar-refractivity contribution < 1.29 is 4.79 Å². The highest BCUT2D eigenvalue weighted by molar-refractivity contribution is 5.96. The Bertz CT molecular complexity index is 922. The average molecular weight is 334 g/mol. The average Bonchev–Trinajstić information content (AvgIpc) is 3.08. The number of nitrogens with zero attached hydrogens (tertiary/aromatic N) is 4. The molecule has 0 radical (unpaired) electrons. The summed E-state index contributed by atoms with van der Waals surface area (Å²) < 4.78 is 2.06. The first-order valence-corrected chi connectivity index (χ1v) is 8.80. The lowest BCUT2D eigenvalue weighted by atomic mass is 9.94. The van der Waals surface area contributed by atoms with E-state index in [4.69, 9.17) is 0 Å². The van der Waals surface area contributed by atoms with Crippen molar-refractivity contribution in [1.82, 2.24) is 19.5 Å². The van der Waals surface area contributed by atoms with Gasteiger partial charge in [-0.3, -0.25) is 9.20 Å². The Balaban J connectivity index is 1.50. The van der Waals surface area contributed by atoms with Crippen LogP contribution >= 0.6 is 0 Å². The van der Waals surface area contributed by atoms with E-state index in [1.54, 1.807) is 0 Å². The molecule has 0 unspecified atom stereocenters. The molecule has 0 bridgehead atoms. The second-order valence-electron chi connectivity index (χ2n) is 6.80. The molecule has 3 aromatic rings. The van der Waals surface area contributed by atoms with Crippen LogP contribution in [-0.2, 0) is 0 Å². The predicted octanol–water partition coefficient (Wildman–Crippen LogP) is 3.37. The van der Waals surface area contributed by atoms with E-state index in [9.17, 15) is 4.79 Å². The third-order valence-electron chi connectivity index (χ3n) is 5.32. The van der Waals surface area contributed by atoms with Gasteiger partial charge in [-0.1, -0.05) is 18.2 Å². The van der Waals surface area contributed by atoms with Gasteiger partial charge >= 0.3 is 0 Å². The number of hydrogen-bond acceptors (Lipinski definition) is 3. The Labute approximate surface area is 147 Å². The molecule has 3 heterocycles. The summed E-state index contributed by atoms with van der Waals surface area (Å²) in [6.45, 7) is 5.60. The van der Waals surface area contributed by atoms with Gasteiger partial charge in [0, 0.05) is 30.8 Å². The molecule has 0 aliphatic carbocycles. The largest absolute Gasteiger partial charge is 0.339 e. The van der Waals surface area contributed by atoms with E-state index >= 15 is 0 Å². The number of hydrogen-bond donors (Lipinski definition) is 0. The highest BCUT2D eigenvalue weighted by atomic mass is 16.2. The van der Waals surface area contributed by atoms with Gasteiger partial charge in [-0.2, -0.15) is 0 Å². The van der Waals surface area contributed by atoms with Gasteiger partial charge in [-0.05, 0) is 56.0 Å². The molecule has 1 fully saturated rings. The smallest absolute Gasteiger partial charge is 0.254 e. The van der Waals surface area contributed by atoms with Crippen LogP contribution in [0.4, 0.5) is 0 Å². The Kier molecular flexibility index (Phi) is 3.99. The number of fused-ring (bicyclic) bond motifs is 1. The van der Waals surface area contributed by atoms with Crippen molar-refractivity contribution in [3.05, 3.63) is 65.1 Å². The second-order valence-corrected chi connectivity index (χ2v) is 6.80. The van der Waals surface area contributed by atoms with Crippen LogP contribution in [0.1, 0.15) is 46.1 Å². The van der Waals surface area contributed by atoms with Crippen molar-refractivity contribution in [2.75, 3.05) is 13.1 Å². The molecule has 0 spiro atoms. The van der Waals surface area contributed by atoms with Crippen LogP contribution in [0.5, 0.6) is 0 Å². The molecule has 1 aliphatic rings. The zero-order valence-electron chi connectivity index (χ0n) is 14.6. The number of carbonyl (C=O) groups is 1. The Morgan fingerprint density at radius 2 is 1.84 bits per heavy atom. The molecule has 4 rings (SSSR count). The Morgan fingerprint density at radius 3 is 2.64 bits per heavy atom. The van der Waals surface area contributed by atoms with Gasteiger partial charge in [0.05, 0.1) is 0 Å². The molecule has 25 heavy (non-hydrogen) atoms. The first-order valence-electron chi connectivity index (χ1n) is 8.80. The van der Waals surface area contributed by atoms with Crippen LogP contribution in [0.2, 0.25) is 0 Å². The van der Waals surface area contributed by atoms with Crippen molar-refractivity contribution in [3.63, 3.8) is 0 Å². The van der Waals surface area contributed by atoms with Crippen LogP contribution in [0.3, 0.4) is 0 Å². The number of rotatable bonds is 2. The monoisotopic (exact) mass is 334 g/mol. The molecule has 5 heteroatoms. The number of aromatic nitrogens is 3. The molecule has 1 aliphatic heterocycles. The molecule has 0 atom stereocenters. The minimum absolute atomic E-state index is 0.144. The first-order chi connectivity index (χ1) is 12.1. The lowest BCUT2D eigenvalue weighted by molar-refractivity contribution is 0.0710. The maximum absolute atomic E-state index is 12.9. The van der Waals surface area contributed by atoms with Crippen LogP contribution in [0.25, 0.3) is 5.65 Å². The van der Waals surface area contributed by atoms with Gasteiger partial charge in [0.1, 0.15) is 5.82 Å². The Hall–Kier alpha value is -2.69. The van der Waals surface area contributed by atoms with Gasteiger partial charge in [0.25, 0.3) is 5.91 Å². The summed E-state index contributed by atoms with van der Waals surface area (Å²) in [4.78, 5) is 14.8. The molecule has 0 saturated carbocycles. The molecule has 1 aromatic carbocycles. The predicted molar refractivity (Wildman–Crippen MR) is 96.8 cm³/mol. The molecule has 1 amide bonds. The van der Waals surface area contributed by atoms with Crippen LogP contribution in [0.15, 0.2) is 42.6 Å². The zero-order chi connectivity index (χ0) is 17.4. The van der Waals surface area contributed by atoms with E-state index in [1.165, 1.54) is 0 Å². The minimum atomic E-state index is 0.144. The van der Waals surface area contributed by atoms with E-state index in [2.05, 4.69) is 27.6 Å². The lowest BCUT2D eigenvalue weighted by Gasteiger charge is -2.31. The molecule has 128 valence electrons. The number of amides is 1. The molecule has 5 nitrogen and oxygen atoms in total. The molecule has 2 aromatic heterocycles. The van der Waals surface area contributed by atoms with Gasteiger partial charge in [0.2, 0.25) is 0 Å². The quantitative estimate of drug-likeness (QED) is 0.722. The maximum atomic E-state index is 12.9. The third kappa shape index (κ3) is 2.80. The zero-order valence-corrected chi connectivity index (χ0v) is 14.6. The van der Waals surface area contributed by atoms with Crippen LogP contribution in [-0.4, -0.2) is 38.5 Å². The highest BCUT2D eigenvalue weighted by Gasteiger charge is 2.27. The number of benzene rings is 1. The SMILES string of the molecule is Cc1cccc(C(=O)N2CCC(c3nnc4ccccn34)CC2)c1C. The van der Waals surface area contributed by atoms with Crippen molar-refractivity contribution in [2.24, 2.45) is 0 Å². The van der Waals surface area contributed by atoms with Crippen molar-refractivity contribution in [1.29, 1.82) is 0 Å². The molecular formula is C20H22N4O. The summed E-state index contributed by atoms with van der Waals surface area (Å²) >= 11 is 0. The van der Waals surface area contributed by atoms with Crippen LogP contribution < -0.4 is 0 Å². The second kappa shape index (κ2) is 6.31. The third-order valence-corrected chi connectivity index (χ3v) is 5.32. The summed E-state index contributed by atoms with van der Waals surface area (Å²) in [6.07, 6.45) is 3.86. The number of pyridine rings is 1. The van der Waals surface area contributed by atoms with E-state index in [0.717, 1.165) is 54.1 Å². The van der Waals surface area contributed by atoms with E-state index in [1.807, 2.05) is 48.4 Å². The van der Waals surface area contributed by atoms with Gasteiger partial charge in [0.15, 0.2) is 5.65 Å². The first kappa shape index (κ1) is 15.8. The fraction of sp³-hybridized carbons (Fsp3) is 0.350. The summed E-state index contributed by atoms with van der Waals surface area (Å²) in [5.74, 6) is 1.50. The standard InChI is InChI=1S/C20H22N4O/c1-14-6-5-7-17(15(14)2)20(25)23-12-9-16(10-13-23)19-22-21-18-8-3-4-11-24(18)19/h3-8,11,16H,9-10,12-13H2,1-2H3. The summed E-state index contributed by atoms with van der Waals surface area (Å²) in [6, 6.07) is 11.9. The minimum Gasteiger partial charge on any atom is -0.339 e. The number of likely N-dealkylation sites (tertiary alicyclic amines) is 1. The lowest BCUT2D eigenvalue weighted by Crippen LogP contribution is -2.38. The van der Waals surface area contributed by atoms with E-state index in [0.29, 0.717) is 5.92 Å². The van der Waals surface area contributed by atoms with E-state index in [-0.39, 0.29) is 5.91 Å². The fourth-order valence-electron chi connectivity index (χ4n) is 3.63.